The third-order valence-corrected chi connectivity index (χ3v) is 3.92. The second-order valence-corrected chi connectivity index (χ2v) is 5.75. The van der Waals surface area contributed by atoms with Gasteiger partial charge in [-0.2, -0.15) is 0 Å². The van der Waals surface area contributed by atoms with E-state index in [9.17, 15) is 4.79 Å². The highest BCUT2D eigenvalue weighted by molar-refractivity contribution is 6.04. The second-order valence-electron chi connectivity index (χ2n) is 5.75. The summed E-state index contributed by atoms with van der Waals surface area (Å²) >= 11 is 0. The monoisotopic (exact) mass is 332 g/mol. The molecule has 0 aliphatic heterocycles. The SMILES string of the molecule is CN(CCc1ccncc1)c1ccc(NC(=O)c2ccccc2)cn1. The van der Waals surface area contributed by atoms with Crippen LogP contribution in [0.15, 0.2) is 73.2 Å². The van der Waals surface area contributed by atoms with Crippen LogP contribution in [0.5, 0.6) is 0 Å². The molecule has 5 nitrogen and oxygen atoms in total. The quantitative estimate of drug-likeness (QED) is 0.751. The van der Waals surface area contributed by atoms with Crippen LogP contribution in [0.2, 0.25) is 0 Å². The van der Waals surface area contributed by atoms with Crippen molar-refractivity contribution < 1.29 is 4.79 Å². The summed E-state index contributed by atoms with van der Waals surface area (Å²) in [6.07, 6.45) is 6.21. The van der Waals surface area contributed by atoms with Crippen LogP contribution in [0, 0.1) is 0 Å². The van der Waals surface area contributed by atoms with Gasteiger partial charge in [-0.05, 0) is 48.4 Å². The van der Waals surface area contributed by atoms with Gasteiger partial charge in [0.05, 0.1) is 11.9 Å². The van der Waals surface area contributed by atoms with Gasteiger partial charge in [0, 0.05) is 31.5 Å². The highest BCUT2D eigenvalue weighted by Crippen LogP contribution is 2.14. The number of aromatic nitrogens is 2. The molecule has 0 radical (unpaired) electrons. The normalized spacial score (nSPS) is 10.3. The predicted octanol–water partition coefficient (Wildman–Crippen LogP) is 3.41. The molecule has 0 atom stereocenters. The second kappa shape index (κ2) is 8.06. The lowest BCUT2D eigenvalue weighted by Gasteiger charge is -2.18. The maximum Gasteiger partial charge on any atom is 0.255 e. The summed E-state index contributed by atoms with van der Waals surface area (Å²) in [5.41, 5.74) is 2.55. The number of hydrogen-bond donors (Lipinski definition) is 1. The van der Waals surface area contributed by atoms with Crippen molar-refractivity contribution in [2.75, 3.05) is 23.8 Å². The van der Waals surface area contributed by atoms with Crippen LogP contribution in [0.4, 0.5) is 11.5 Å². The number of likely N-dealkylation sites (N-methyl/N-ethyl adjacent to an activating group) is 1. The van der Waals surface area contributed by atoms with Crippen molar-refractivity contribution in [3.63, 3.8) is 0 Å². The van der Waals surface area contributed by atoms with Crippen LogP contribution in [0.1, 0.15) is 15.9 Å². The zero-order chi connectivity index (χ0) is 17.5. The van der Waals surface area contributed by atoms with Crippen LogP contribution in [0.3, 0.4) is 0 Å². The maximum atomic E-state index is 12.1. The number of hydrogen-bond acceptors (Lipinski definition) is 4. The number of rotatable bonds is 6. The molecular weight excluding hydrogens is 312 g/mol. The van der Waals surface area contributed by atoms with Gasteiger partial charge in [-0.15, -0.1) is 0 Å². The summed E-state index contributed by atoms with van der Waals surface area (Å²) in [5.74, 6) is 0.730. The fraction of sp³-hybridized carbons (Fsp3) is 0.150. The van der Waals surface area contributed by atoms with Gasteiger partial charge in [-0.1, -0.05) is 18.2 Å². The Kier molecular flexibility index (Phi) is 5.36. The van der Waals surface area contributed by atoms with Gasteiger partial charge >= 0.3 is 0 Å². The molecule has 0 aliphatic rings. The number of nitrogens with one attached hydrogen (secondary N) is 1. The number of pyridine rings is 2. The summed E-state index contributed by atoms with van der Waals surface area (Å²) in [4.78, 5) is 22.7. The van der Waals surface area contributed by atoms with Crippen LogP contribution in [-0.4, -0.2) is 29.5 Å². The Balaban J connectivity index is 1.57. The van der Waals surface area contributed by atoms with Crippen molar-refractivity contribution in [2.45, 2.75) is 6.42 Å². The Bertz CT molecular complexity index is 804. The van der Waals surface area contributed by atoms with Crippen molar-refractivity contribution in [3.8, 4) is 0 Å². The summed E-state index contributed by atoms with van der Waals surface area (Å²) in [6.45, 7) is 0.854. The Morgan fingerprint density at radius 2 is 1.80 bits per heavy atom. The molecule has 0 spiro atoms. The van der Waals surface area contributed by atoms with Crippen molar-refractivity contribution in [1.82, 2.24) is 9.97 Å². The van der Waals surface area contributed by atoms with Gasteiger partial charge in [0.25, 0.3) is 5.91 Å². The lowest BCUT2D eigenvalue weighted by Crippen LogP contribution is -2.21. The molecule has 25 heavy (non-hydrogen) atoms. The van der Waals surface area contributed by atoms with E-state index in [-0.39, 0.29) is 5.91 Å². The zero-order valence-corrected chi connectivity index (χ0v) is 14.1. The lowest BCUT2D eigenvalue weighted by atomic mass is 10.2. The summed E-state index contributed by atoms with van der Waals surface area (Å²) < 4.78 is 0. The van der Waals surface area contributed by atoms with E-state index in [2.05, 4.69) is 20.2 Å². The minimum atomic E-state index is -0.138. The van der Waals surface area contributed by atoms with Crippen molar-refractivity contribution in [3.05, 3.63) is 84.3 Å². The minimum absolute atomic E-state index is 0.138. The first-order valence-electron chi connectivity index (χ1n) is 8.15. The number of benzene rings is 1. The topological polar surface area (TPSA) is 58.1 Å². The lowest BCUT2D eigenvalue weighted by molar-refractivity contribution is 0.102. The van der Waals surface area contributed by atoms with E-state index in [0.717, 1.165) is 18.8 Å². The van der Waals surface area contributed by atoms with E-state index in [1.807, 2.05) is 49.5 Å². The molecule has 3 rings (SSSR count). The van der Waals surface area contributed by atoms with Crippen molar-refractivity contribution >= 4 is 17.4 Å². The molecule has 1 amide bonds. The third-order valence-electron chi connectivity index (χ3n) is 3.92. The minimum Gasteiger partial charge on any atom is -0.359 e. The number of amides is 1. The number of nitrogens with zero attached hydrogens (tertiary/aromatic N) is 3. The molecule has 3 aromatic rings. The van der Waals surface area contributed by atoms with Gasteiger partial charge in [0.15, 0.2) is 0 Å². The van der Waals surface area contributed by atoms with E-state index < -0.39 is 0 Å². The molecule has 0 unspecified atom stereocenters. The average Bonchev–Trinajstić information content (AvgIpc) is 2.68. The Hall–Kier alpha value is -3.21. The van der Waals surface area contributed by atoms with E-state index in [1.54, 1.807) is 30.7 Å². The van der Waals surface area contributed by atoms with Crippen LogP contribution in [-0.2, 0) is 6.42 Å². The van der Waals surface area contributed by atoms with Crippen molar-refractivity contribution in [2.24, 2.45) is 0 Å². The van der Waals surface area contributed by atoms with Gasteiger partial charge in [0.2, 0.25) is 0 Å². The average molecular weight is 332 g/mol. The zero-order valence-electron chi connectivity index (χ0n) is 14.1. The Morgan fingerprint density at radius 3 is 2.48 bits per heavy atom. The van der Waals surface area contributed by atoms with Gasteiger partial charge in [-0.3, -0.25) is 9.78 Å². The Morgan fingerprint density at radius 1 is 1.04 bits per heavy atom. The summed E-state index contributed by atoms with van der Waals surface area (Å²) in [5, 5.41) is 2.86. The molecule has 0 aliphatic carbocycles. The molecule has 2 heterocycles. The van der Waals surface area contributed by atoms with Crippen molar-refractivity contribution in [1.29, 1.82) is 0 Å². The molecule has 1 N–H and O–H groups in total. The first-order chi connectivity index (χ1) is 12.2. The molecule has 1 aromatic carbocycles. The standard InChI is InChI=1S/C20H20N4O/c1-24(14-11-16-9-12-21-13-10-16)19-8-7-18(15-22-19)23-20(25)17-5-3-2-4-6-17/h2-10,12-13,15H,11,14H2,1H3,(H,23,25). The first kappa shape index (κ1) is 16.6. The predicted molar refractivity (Wildman–Crippen MR) is 99.8 cm³/mol. The third kappa shape index (κ3) is 4.64. The largest absolute Gasteiger partial charge is 0.359 e. The molecule has 5 heteroatoms. The van der Waals surface area contributed by atoms with Gasteiger partial charge < -0.3 is 10.2 Å². The van der Waals surface area contributed by atoms with Gasteiger partial charge in [-0.25, -0.2) is 4.98 Å². The molecular formula is C20H20N4O. The van der Waals surface area contributed by atoms with E-state index >= 15 is 0 Å². The molecule has 0 saturated heterocycles. The fourth-order valence-electron chi connectivity index (χ4n) is 2.44. The molecule has 0 bridgehead atoms. The maximum absolute atomic E-state index is 12.1. The Labute approximate surface area is 147 Å². The highest BCUT2D eigenvalue weighted by atomic mass is 16.1. The van der Waals surface area contributed by atoms with E-state index in [0.29, 0.717) is 11.3 Å². The molecule has 0 fully saturated rings. The van der Waals surface area contributed by atoms with Crippen LogP contribution < -0.4 is 10.2 Å². The van der Waals surface area contributed by atoms with E-state index in [4.69, 9.17) is 0 Å². The molecule has 0 saturated carbocycles. The number of carbonyl (C=O) groups is 1. The summed E-state index contributed by atoms with van der Waals surface area (Å²) in [6, 6.07) is 16.9. The summed E-state index contributed by atoms with van der Waals surface area (Å²) in [7, 11) is 2.01. The number of carbonyl (C=O) groups excluding carboxylic acids is 1. The highest BCUT2D eigenvalue weighted by Gasteiger charge is 2.07. The van der Waals surface area contributed by atoms with Crippen LogP contribution >= 0.6 is 0 Å². The molecule has 126 valence electrons. The van der Waals surface area contributed by atoms with Crippen LogP contribution in [0.25, 0.3) is 0 Å². The van der Waals surface area contributed by atoms with E-state index in [1.165, 1.54) is 5.56 Å². The molecule has 2 aromatic heterocycles. The fourth-order valence-corrected chi connectivity index (χ4v) is 2.44. The number of anilines is 2. The van der Waals surface area contributed by atoms with Gasteiger partial charge in [0.1, 0.15) is 5.82 Å². The first-order valence-corrected chi connectivity index (χ1v) is 8.15. The smallest absolute Gasteiger partial charge is 0.255 e.